The van der Waals surface area contributed by atoms with Crippen molar-refractivity contribution in [3.63, 3.8) is 0 Å². The van der Waals surface area contributed by atoms with Gasteiger partial charge in [-0.25, -0.2) is 4.79 Å². The van der Waals surface area contributed by atoms with Crippen LogP contribution >= 0.6 is 0 Å². The van der Waals surface area contributed by atoms with Crippen molar-refractivity contribution >= 4 is 5.97 Å². The standard InChI is InChI=1S/C18H26N2O2/c21-18(22)17-6-4-15(5-7-17)12-20-11-8-16(14-20)13-19-9-2-1-3-10-19/h4-7,16H,1-3,8-14H2,(H,21,22). The molecule has 2 fully saturated rings. The lowest BCUT2D eigenvalue weighted by Gasteiger charge is -2.29. The van der Waals surface area contributed by atoms with Gasteiger partial charge in [0, 0.05) is 19.6 Å². The highest BCUT2D eigenvalue weighted by atomic mass is 16.4. The quantitative estimate of drug-likeness (QED) is 0.908. The van der Waals surface area contributed by atoms with Gasteiger partial charge in [0.15, 0.2) is 0 Å². The normalized spacial score (nSPS) is 23.7. The van der Waals surface area contributed by atoms with Gasteiger partial charge in [-0.15, -0.1) is 0 Å². The summed E-state index contributed by atoms with van der Waals surface area (Å²) >= 11 is 0. The van der Waals surface area contributed by atoms with E-state index in [1.807, 2.05) is 12.1 Å². The van der Waals surface area contributed by atoms with Gasteiger partial charge in [-0.05, 0) is 62.5 Å². The Labute approximate surface area is 132 Å². The zero-order valence-electron chi connectivity index (χ0n) is 13.2. The molecule has 0 aliphatic carbocycles. The number of carbonyl (C=O) groups is 1. The smallest absolute Gasteiger partial charge is 0.335 e. The van der Waals surface area contributed by atoms with Crippen LogP contribution in [0.25, 0.3) is 0 Å². The van der Waals surface area contributed by atoms with Crippen LogP contribution in [0.3, 0.4) is 0 Å². The summed E-state index contributed by atoms with van der Waals surface area (Å²) in [6.07, 6.45) is 5.43. The molecular formula is C18H26N2O2. The maximum absolute atomic E-state index is 10.9. The van der Waals surface area contributed by atoms with Crippen molar-refractivity contribution in [3.05, 3.63) is 35.4 Å². The summed E-state index contributed by atoms with van der Waals surface area (Å²) in [4.78, 5) is 16.0. The van der Waals surface area contributed by atoms with Crippen molar-refractivity contribution in [2.45, 2.75) is 32.2 Å². The number of likely N-dealkylation sites (tertiary alicyclic amines) is 2. The fourth-order valence-corrected chi connectivity index (χ4v) is 3.72. The van der Waals surface area contributed by atoms with E-state index in [1.165, 1.54) is 64.0 Å². The van der Waals surface area contributed by atoms with E-state index in [-0.39, 0.29) is 0 Å². The molecule has 2 heterocycles. The summed E-state index contributed by atoms with van der Waals surface area (Å²) in [7, 11) is 0. The Bertz CT molecular complexity index is 494. The minimum Gasteiger partial charge on any atom is -0.478 e. The lowest BCUT2D eigenvalue weighted by Crippen LogP contribution is -2.35. The number of carboxylic acid groups (broad SMARTS) is 1. The van der Waals surface area contributed by atoms with Crippen LogP contribution in [0.5, 0.6) is 0 Å². The number of aromatic carboxylic acids is 1. The maximum atomic E-state index is 10.9. The van der Waals surface area contributed by atoms with E-state index >= 15 is 0 Å². The molecule has 0 aromatic heterocycles. The second-order valence-corrected chi connectivity index (χ2v) is 6.75. The molecule has 1 unspecified atom stereocenters. The maximum Gasteiger partial charge on any atom is 0.335 e. The Kier molecular flexibility index (Phi) is 5.11. The van der Waals surface area contributed by atoms with Gasteiger partial charge in [-0.3, -0.25) is 4.90 Å². The van der Waals surface area contributed by atoms with Crippen molar-refractivity contribution in [1.29, 1.82) is 0 Å². The topological polar surface area (TPSA) is 43.8 Å². The molecule has 1 aromatic carbocycles. The van der Waals surface area contributed by atoms with E-state index in [0.29, 0.717) is 5.56 Å². The number of hydrogen-bond acceptors (Lipinski definition) is 3. The van der Waals surface area contributed by atoms with E-state index in [1.54, 1.807) is 12.1 Å². The van der Waals surface area contributed by atoms with Crippen LogP contribution in [0.15, 0.2) is 24.3 Å². The SMILES string of the molecule is O=C(O)c1ccc(CN2CCC(CN3CCCCC3)C2)cc1. The van der Waals surface area contributed by atoms with Crippen molar-refractivity contribution in [2.75, 3.05) is 32.7 Å². The first kappa shape index (κ1) is 15.5. The largest absolute Gasteiger partial charge is 0.478 e. The Balaban J connectivity index is 1.47. The molecule has 2 saturated heterocycles. The van der Waals surface area contributed by atoms with Crippen LogP contribution in [-0.4, -0.2) is 53.6 Å². The van der Waals surface area contributed by atoms with Crippen molar-refractivity contribution in [1.82, 2.24) is 9.80 Å². The predicted octanol–water partition coefficient (Wildman–Crippen LogP) is 2.69. The zero-order valence-corrected chi connectivity index (χ0v) is 13.2. The monoisotopic (exact) mass is 302 g/mol. The van der Waals surface area contributed by atoms with Gasteiger partial charge in [0.05, 0.1) is 5.56 Å². The Morgan fingerprint density at radius 2 is 1.77 bits per heavy atom. The van der Waals surface area contributed by atoms with E-state index in [4.69, 9.17) is 5.11 Å². The van der Waals surface area contributed by atoms with Crippen LogP contribution in [0.1, 0.15) is 41.6 Å². The van der Waals surface area contributed by atoms with Gasteiger partial charge in [0.1, 0.15) is 0 Å². The third-order valence-corrected chi connectivity index (χ3v) is 4.94. The Morgan fingerprint density at radius 1 is 1.05 bits per heavy atom. The van der Waals surface area contributed by atoms with Crippen LogP contribution < -0.4 is 0 Å². The molecule has 2 aliphatic heterocycles. The van der Waals surface area contributed by atoms with Gasteiger partial charge in [-0.2, -0.15) is 0 Å². The first-order valence-electron chi connectivity index (χ1n) is 8.47. The van der Waals surface area contributed by atoms with Gasteiger partial charge in [0.2, 0.25) is 0 Å². The lowest BCUT2D eigenvalue weighted by molar-refractivity contribution is 0.0697. The van der Waals surface area contributed by atoms with Crippen LogP contribution in [-0.2, 0) is 6.54 Å². The molecule has 22 heavy (non-hydrogen) atoms. The van der Waals surface area contributed by atoms with E-state index in [0.717, 1.165) is 12.5 Å². The van der Waals surface area contributed by atoms with E-state index < -0.39 is 5.97 Å². The summed E-state index contributed by atoms with van der Waals surface area (Å²) in [6.45, 7) is 7.11. The van der Waals surface area contributed by atoms with E-state index in [2.05, 4.69) is 9.80 Å². The molecule has 0 radical (unpaired) electrons. The Morgan fingerprint density at radius 3 is 2.45 bits per heavy atom. The number of rotatable bonds is 5. The van der Waals surface area contributed by atoms with E-state index in [9.17, 15) is 4.79 Å². The number of piperidine rings is 1. The molecule has 3 rings (SSSR count). The number of hydrogen-bond donors (Lipinski definition) is 1. The zero-order chi connectivity index (χ0) is 15.4. The molecule has 120 valence electrons. The Hall–Kier alpha value is -1.39. The first-order valence-corrected chi connectivity index (χ1v) is 8.47. The fourth-order valence-electron chi connectivity index (χ4n) is 3.72. The molecule has 0 saturated carbocycles. The highest BCUT2D eigenvalue weighted by Gasteiger charge is 2.25. The summed E-state index contributed by atoms with van der Waals surface area (Å²) in [5.41, 5.74) is 1.58. The minimum absolute atomic E-state index is 0.369. The van der Waals surface area contributed by atoms with Crippen LogP contribution in [0.4, 0.5) is 0 Å². The number of benzene rings is 1. The minimum atomic E-state index is -0.852. The van der Waals surface area contributed by atoms with Gasteiger partial charge >= 0.3 is 5.97 Å². The van der Waals surface area contributed by atoms with Crippen molar-refractivity contribution < 1.29 is 9.90 Å². The van der Waals surface area contributed by atoms with Crippen molar-refractivity contribution in [3.8, 4) is 0 Å². The summed E-state index contributed by atoms with van der Waals surface area (Å²) < 4.78 is 0. The molecule has 4 nitrogen and oxygen atoms in total. The fraction of sp³-hybridized carbons (Fsp3) is 0.611. The van der Waals surface area contributed by atoms with Crippen LogP contribution in [0.2, 0.25) is 0 Å². The highest BCUT2D eigenvalue weighted by Crippen LogP contribution is 2.21. The van der Waals surface area contributed by atoms with Gasteiger partial charge in [-0.1, -0.05) is 18.6 Å². The van der Waals surface area contributed by atoms with Crippen molar-refractivity contribution in [2.24, 2.45) is 5.92 Å². The molecular weight excluding hydrogens is 276 g/mol. The third kappa shape index (κ3) is 4.08. The third-order valence-electron chi connectivity index (χ3n) is 4.94. The second-order valence-electron chi connectivity index (χ2n) is 6.75. The number of carboxylic acids is 1. The number of nitrogens with zero attached hydrogens (tertiary/aromatic N) is 2. The average molecular weight is 302 g/mol. The van der Waals surface area contributed by atoms with Gasteiger partial charge in [0.25, 0.3) is 0 Å². The molecule has 0 amide bonds. The molecule has 0 spiro atoms. The predicted molar refractivity (Wildman–Crippen MR) is 87.1 cm³/mol. The van der Waals surface area contributed by atoms with Gasteiger partial charge < -0.3 is 10.0 Å². The molecule has 0 bridgehead atoms. The molecule has 1 aromatic rings. The molecule has 1 atom stereocenters. The second kappa shape index (κ2) is 7.25. The summed E-state index contributed by atoms with van der Waals surface area (Å²) in [5, 5.41) is 8.94. The first-order chi connectivity index (χ1) is 10.7. The molecule has 4 heteroatoms. The lowest BCUT2D eigenvalue weighted by atomic mass is 10.1. The van der Waals surface area contributed by atoms with Crippen LogP contribution in [0, 0.1) is 5.92 Å². The molecule has 1 N–H and O–H groups in total. The molecule has 2 aliphatic rings. The average Bonchev–Trinajstić information content (AvgIpc) is 2.96. The highest BCUT2D eigenvalue weighted by molar-refractivity contribution is 5.87. The summed E-state index contributed by atoms with van der Waals surface area (Å²) in [5.74, 6) is -0.0503. The summed E-state index contributed by atoms with van der Waals surface area (Å²) in [6, 6.07) is 7.31.